The quantitative estimate of drug-likeness (QED) is 0.0594. The van der Waals surface area contributed by atoms with Crippen LogP contribution < -0.4 is 5.32 Å². The third-order valence-electron chi connectivity index (χ3n) is 6.45. The number of carbonyl (C=O) groups excluding carboxylic acids is 1. The smallest absolute Gasteiger partial charge is 0.259 e. The van der Waals surface area contributed by atoms with Gasteiger partial charge in [-0.15, -0.1) is 0 Å². The number of ether oxygens (including phenoxy) is 2. The minimum absolute atomic E-state index is 0.111. The van der Waals surface area contributed by atoms with Crippen LogP contribution in [0.4, 0.5) is 0 Å². The summed E-state index contributed by atoms with van der Waals surface area (Å²) in [5.41, 5.74) is 8.69. The molecule has 0 aromatic carbocycles. The minimum Gasteiger partial charge on any atom is -0.350 e. The molecular weight excluding hydrogens is 495 g/mol. The van der Waals surface area contributed by atoms with Crippen LogP contribution in [-0.2, 0) is 23.3 Å². The predicted octanol–water partition coefficient (Wildman–Crippen LogP) is 5.67. The van der Waals surface area contributed by atoms with Gasteiger partial charge in [-0.05, 0) is 57.9 Å². The Morgan fingerprint density at radius 3 is 2.27 bits per heavy atom. The van der Waals surface area contributed by atoms with Crippen molar-refractivity contribution < 1.29 is 23.3 Å². The first-order valence-electron chi connectivity index (χ1n) is 13.4. The lowest BCUT2D eigenvalue weighted by Crippen LogP contribution is -2.58. The fourth-order valence-corrected chi connectivity index (χ4v) is 6.02. The van der Waals surface area contributed by atoms with Crippen LogP contribution in [-0.4, -0.2) is 74.0 Å². The van der Waals surface area contributed by atoms with Gasteiger partial charge in [-0.3, -0.25) is 4.79 Å². The maximum atomic E-state index is 11.8. The largest absolute Gasteiger partial charge is 0.350 e. The van der Waals surface area contributed by atoms with Gasteiger partial charge in [0.15, 0.2) is 6.29 Å². The number of hydrogen-bond acceptors (Lipinski definition) is 7. The van der Waals surface area contributed by atoms with Crippen LogP contribution >= 0.6 is 8.53 Å². The number of amides is 1. The summed E-state index contributed by atoms with van der Waals surface area (Å²) in [5.74, 6) is 0.100. The summed E-state index contributed by atoms with van der Waals surface area (Å²) in [6, 6.07) is 0.322. The van der Waals surface area contributed by atoms with Gasteiger partial charge in [0.05, 0.1) is 25.3 Å². The molecule has 12 heteroatoms. The van der Waals surface area contributed by atoms with Gasteiger partial charge in [-0.2, -0.15) is 0 Å². The number of rotatable bonds is 18. The fourth-order valence-electron chi connectivity index (χ4n) is 4.41. The predicted molar refractivity (Wildman–Crippen MR) is 145 cm³/mol. The van der Waals surface area contributed by atoms with Gasteiger partial charge in [-0.25, -0.2) is 11.2 Å². The van der Waals surface area contributed by atoms with Crippen LogP contribution in [0.5, 0.6) is 0 Å². The SMILES string of the molecule is [C-]#[N+]CCOP(OCCCCCCOC1OC(CN=[N+]=[N-])C(C)C(C)C1NC(C)=O)N(C(C)C)C(C)C. The average Bonchev–Trinajstić information content (AvgIpc) is 2.83. The highest BCUT2D eigenvalue weighted by Crippen LogP contribution is 2.46. The molecule has 212 valence electrons. The van der Waals surface area contributed by atoms with Crippen molar-refractivity contribution in [1.82, 2.24) is 9.99 Å². The van der Waals surface area contributed by atoms with Crippen LogP contribution in [0.1, 0.15) is 74.1 Å². The molecule has 1 saturated heterocycles. The zero-order valence-corrected chi connectivity index (χ0v) is 24.5. The molecule has 0 radical (unpaired) electrons. The first kappa shape index (κ1) is 33.5. The Morgan fingerprint density at radius 2 is 1.70 bits per heavy atom. The zero-order valence-electron chi connectivity index (χ0n) is 23.6. The zero-order chi connectivity index (χ0) is 27.8. The van der Waals surface area contributed by atoms with Gasteiger partial charge >= 0.3 is 0 Å². The number of unbranched alkanes of at least 4 members (excludes halogenated alkanes) is 3. The maximum Gasteiger partial charge on any atom is 0.259 e. The van der Waals surface area contributed by atoms with Crippen molar-refractivity contribution >= 4 is 14.4 Å². The Morgan fingerprint density at radius 1 is 1.08 bits per heavy atom. The van der Waals surface area contributed by atoms with Gasteiger partial charge in [-0.1, -0.05) is 31.8 Å². The lowest BCUT2D eigenvalue weighted by Gasteiger charge is -2.44. The molecule has 0 saturated carbocycles. The summed E-state index contributed by atoms with van der Waals surface area (Å²) in [7, 11) is -1.20. The molecule has 37 heavy (non-hydrogen) atoms. The molecule has 0 aliphatic carbocycles. The second kappa shape index (κ2) is 18.7. The number of nitrogens with one attached hydrogen (secondary N) is 1. The number of azide groups is 1. The van der Waals surface area contributed by atoms with E-state index in [4.69, 9.17) is 30.6 Å². The molecule has 1 heterocycles. The molecule has 1 aliphatic rings. The van der Waals surface area contributed by atoms with Crippen LogP contribution in [0.3, 0.4) is 0 Å². The Bertz CT molecular complexity index is 738. The summed E-state index contributed by atoms with van der Waals surface area (Å²) in [5, 5.41) is 6.65. The molecule has 1 fully saturated rings. The Hall–Kier alpha value is -1.50. The van der Waals surface area contributed by atoms with E-state index >= 15 is 0 Å². The first-order chi connectivity index (χ1) is 17.6. The van der Waals surface area contributed by atoms with Crippen molar-refractivity contribution in [2.24, 2.45) is 17.0 Å². The second-order valence-electron chi connectivity index (χ2n) is 10.0. The lowest BCUT2D eigenvalue weighted by molar-refractivity contribution is -0.233. The van der Waals surface area contributed by atoms with Crippen LogP contribution in [0.2, 0.25) is 0 Å². The van der Waals surface area contributed by atoms with Gasteiger partial charge in [0.1, 0.15) is 6.61 Å². The highest BCUT2D eigenvalue weighted by molar-refractivity contribution is 7.44. The third kappa shape index (κ3) is 12.3. The van der Waals surface area contributed by atoms with E-state index < -0.39 is 14.8 Å². The molecule has 0 spiro atoms. The van der Waals surface area contributed by atoms with Crippen molar-refractivity contribution in [1.29, 1.82) is 0 Å². The molecule has 6 atom stereocenters. The van der Waals surface area contributed by atoms with E-state index in [9.17, 15) is 4.79 Å². The molecular formula is C25H47N6O5P. The topological polar surface area (TPSA) is 122 Å². The number of hydrogen-bond donors (Lipinski definition) is 1. The molecule has 1 N–H and O–H groups in total. The standard InChI is InChI=1S/C25H47N6O5P/c1-18(2)31(19(3)4)37(35-16-13-27-8)34-15-12-10-9-11-14-33-25-24(29-22(7)32)21(6)20(5)23(36-25)17-28-30-26/h18-21,23-25H,9-17H2,1-7H3,(H,29,32). The number of nitrogens with zero attached hydrogens (tertiary/aromatic N) is 5. The first-order valence-corrected chi connectivity index (χ1v) is 14.5. The van der Waals surface area contributed by atoms with Gasteiger partial charge < -0.3 is 28.7 Å². The fraction of sp³-hybridized carbons (Fsp3) is 0.920. The minimum atomic E-state index is -1.20. The average molecular weight is 543 g/mol. The number of carbonyl (C=O) groups is 1. The lowest BCUT2D eigenvalue weighted by atomic mass is 9.82. The summed E-state index contributed by atoms with van der Waals surface area (Å²) in [6.07, 6.45) is 2.91. The van der Waals surface area contributed by atoms with E-state index in [-0.39, 0.29) is 48.5 Å². The van der Waals surface area contributed by atoms with Crippen molar-refractivity contribution in [3.05, 3.63) is 21.9 Å². The second-order valence-corrected chi connectivity index (χ2v) is 11.5. The molecule has 1 aliphatic heterocycles. The van der Waals surface area contributed by atoms with E-state index in [2.05, 4.69) is 59.5 Å². The highest BCUT2D eigenvalue weighted by Gasteiger charge is 2.42. The maximum absolute atomic E-state index is 11.8. The van der Waals surface area contributed by atoms with E-state index in [0.717, 1.165) is 25.7 Å². The van der Waals surface area contributed by atoms with Gasteiger partial charge in [0.25, 0.3) is 8.53 Å². The highest BCUT2D eigenvalue weighted by atomic mass is 31.2. The van der Waals surface area contributed by atoms with E-state index in [1.807, 2.05) is 6.92 Å². The summed E-state index contributed by atoms with van der Waals surface area (Å²) < 4.78 is 26.5. The van der Waals surface area contributed by atoms with Crippen LogP contribution in [0.25, 0.3) is 15.3 Å². The molecule has 1 amide bonds. The molecule has 1 rings (SSSR count). The van der Waals surface area contributed by atoms with Crippen molar-refractivity contribution in [2.45, 2.75) is 105 Å². The Labute approximate surface area is 224 Å². The van der Waals surface area contributed by atoms with Gasteiger partial charge in [0, 0.05) is 30.5 Å². The monoisotopic (exact) mass is 542 g/mol. The van der Waals surface area contributed by atoms with E-state index in [1.54, 1.807) is 0 Å². The Balaban J connectivity index is 2.47. The Kier molecular flexibility index (Phi) is 16.9. The van der Waals surface area contributed by atoms with Crippen molar-refractivity contribution in [3.8, 4) is 0 Å². The normalized spacial score (nSPS) is 24.6. The van der Waals surface area contributed by atoms with Crippen LogP contribution in [0, 0.1) is 18.4 Å². The molecule has 0 aromatic rings. The van der Waals surface area contributed by atoms with Crippen molar-refractivity contribution in [2.75, 3.05) is 32.9 Å². The van der Waals surface area contributed by atoms with E-state index in [1.165, 1.54) is 6.92 Å². The molecule has 6 unspecified atom stereocenters. The molecule has 11 nitrogen and oxygen atoms in total. The van der Waals surface area contributed by atoms with Crippen molar-refractivity contribution in [3.63, 3.8) is 0 Å². The summed E-state index contributed by atoms with van der Waals surface area (Å²) >= 11 is 0. The summed E-state index contributed by atoms with van der Waals surface area (Å²) in [4.78, 5) is 18.0. The molecule has 0 aromatic heterocycles. The summed E-state index contributed by atoms with van der Waals surface area (Å²) in [6.45, 7) is 23.2. The van der Waals surface area contributed by atoms with Crippen LogP contribution in [0.15, 0.2) is 5.11 Å². The third-order valence-corrected chi connectivity index (χ3v) is 8.56. The van der Waals surface area contributed by atoms with E-state index in [0.29, 0.717) is 26.4 Å². The van der Waals surface area contributed by atoms with Gasteiger partial charge in [0.2, 0.25) is 12.5 Å². The molecule has 0 bridgehead atoms.